The molecule has 0 heterocycles. The molecule has 94 heavy (non-hydrogen) atoms. The van der Waals surface area contributed by atoms with E-state index in [1.54, 1.807) is 0 Å². The van der Waals surface area contributed by atoms with E-state index >= 15 is 0 Å². The Morgan fingerprint density at radius 2 is 0.511 bits per heavy atom. The van der Waals surface area contributed by atoms with Crippen molar-refractivity contribution in [3.05, 3.63) is 0 Å². The van der Waals surface area contributed by atoms with Crippen molar-refractivity contribution in [2.45, 2.75) is 395 Å². The van der Waals surface area contributed by atoms with Crippen molar-refractivity contribution in [1.29, 1.82) is 0 Å². The lowest BCUT2D eigenvalue weighted by Crippen LogP contribution is -2.30. The number of esters is 4. The van der Waals surface area contributed by atoms with Crippen LogP contribution in [0.3, 0.4) is 0 Å². The number of hydrogen-bond acceptors (Lipinski definition) is 15. The summed E-state index contributed by atoms with van der Waals surface area (Å²) >= 11 is 0. The van der Waals surface area contributed by atoms with Gasteiger partial charge in [0, 0.05) is 25.7 Å². The molecule has 0 saturated carbocycles. The van der Waals surface area contributed by atoms with Gasteiger partial charge in [-0.3, -0.25) is 37.3 Å². The van der Waals surface area contributed by atoms with E-state index in [0.717, 1.165) is 114 Å². The number of phosphoric acid groups is 2. The standard InChI is InChI=1S/C75H146O17P2/c1-9-68(8)54-46-38-30-21-14-12-10-11-13-15-22-31-39-47-55-72(77)85-61-70(91-74(79)57-49-41-33-23-17-16-19-27-35-43-51-65(2)3)63-89-93(81,82)87-59-69(76)60-88-94(83,84)90-64-71(62-86-73(78)56-48-40-32-26-25-29-37-45-53-67(6)7)92-75(80)58-50-42-34-24-18-20-28-36-44-52-66(4)5/h65-71,76H,9-64H2,1-8H3,(H,81,82)(H,83,84)/t68?,69?,70-,71-/m1/s1. The van der Waals surface area contributed by atoms with E-state index in [1.165, 1.54) is 180 Å². The molecule has 0 aliphatic rings. The van der Waals surface area contributed by atoms with Gasteiger partial charge < -0.3 is 33.8 Å². The van der Waals surface area contributed by atoms with Crippen LogP contribution < -0.4 is 0 Å². The van der Waals surface area contributed by atoms with Crippen molar-refractivity contribution in [3.63, 3.8) is 0 Å². The van der Waals surface area contributed by atoms with Gasteiger partial charge in [-0.25, -0.2) is 9.13 Å². The lowest BCUT2D eigenvalue weighted by Gasteiger charge is -2.21. The van der Waals surface area contributed by atoms with Crippen LogP contribution in [0.2, 0.25) is 0 Å². The zero-order chi connectivity index (χ0) is 69.6. The minimum Gasteiger partial charge on any atom is -0.462 e. The van der Waals surface area contributed by atoms with E-state index < -0.39 is 97.5 Å². The molecule has 0 amide bonds. The zero-order valence-electron chi connectivity index (χ0n) is 61.6. The molecule has 0 spiro atoms. The molecule has 0 aromatic carbocycles. The quantitative estimate of drug-likeness (QED) is 0.0222. The highest BCUT2D eigenvalue weighted by Gasteiger charge is 2.30. The van der Waals surface area contributed by atoms with Gasteiger partial charge in [0.05, 0.1) is 26.4 Å². The van der Waals surface area contributed by atoms with Gasteiger partial charge >= 0.3 is 39.5 Å². The zero-order valence-corrected chi connectivity index (χ0v) is 63.4. The van der Waals surface area contributed by atoms with Crippen LogP contribution >= 0.6 is 15.6 Å². The van der Waals surface area contributed by atoms with E-state index in [2.05, 4.69) is 55.4 Å². The fraction of sp³-hybridized carbons (Fsp3) is 0.947. The van der Waals surface area contributed by atoms with E-state index in [1.807, 2.05) is 0 Å². The highest BCUT2D eigenvalue weighted by atomic mass is 31.2. The molecule has 558 valence electrons. The van der Waals surface area contributed by atoms with Crippen molar-refractivity contribution in [3.8, 4) is 0 Å². The molecule has 3 N–H and O–H groups in total. The molecule has 6 atom stereocenters. The highest BCUT2D eigenvalue weighted by molar-refractivity contribution is 7.47. The molecule has 0 saturated heterocycles. The second-order valence-corrected chi connectivity index (χ2v) is 31.6. The molecule has 0 fully saturated rings. The van der Waals surface area contributed by atoms with Crippen LogP contribution in [0.1, 0.15) is 376 Å². The van der Waals surface area contributed by atoms with E-state index in [4.69, 9.17) is 37.0 Å². The van der Waals surface area contributed by atoms with Gasteiger partial charge in [0.1, 0.15) is 19.3 Å². The average Bonchev–Trinajstić information content (AvgIpc) is 2.25. The number of hydrogen-bond donors (Lipinski definition) is 3. The van der Waals surface area contributed by atoms with Gasteiger partial charge in [-0.1, -0.05) is 325 Å². The summed E-state index contributed by atoms with van der Waals surface area (Å²) < 4.78 is 68.5. The predicted octanol–water partition coefficient (Wildman–Crippen LogP) is 21.7. The maximum absolute atomic E-state index is 13.1. The van der Waals surface area contributed by atoms with Crippen molar-refractivity contribution in [2.24, 2.45) is 23.7 Å². The minimum absolute atomic E-state index is 0.104. The minimum atomic E-state index is -4.96. The number of aliphatic hydroxyl groups excluding tert-OH is 1. The first kappa shape index (κ1) is 92.1. The van der Waals surface area contributed by atoms with Crippen molar-refractivity contribution in [2.75, 3.05) is 39.6 Å². The molecular weight excluding hydrogens is 1230 g/mol. The molecule has 0 aliphatic carbocycles. The number of ether oxygens (including phenoxy) is 4. The van der Waals surface area contributed by atoms with Gasteiger partial charge in [0.2, 0.25) is 0 Å². The van der Waals surface area contributed by atoms with Crippen LogP contribution in [0, 0.1) is 23.7 Å². The SMILES string of the molecule is CCC(C)CCCCCCCCCCCCCCCCC(=O)OC[C@H](COP(=O)(O)OCC(O)COP(=O)(O)OC[C@@H](COC(=O)CCCCCCCCCCC(C)C)OC(=O)CCCCCCCCCCCC(C)C)OC(=O)CCCCCCCCCCCCC(C)C. The predicted molar refractivity (Wildman–Crippen MR) is 381 cm³/mol. The van der Waals surface area contributed by atoms with Gasteiger partial charge in [0.25, 0.3) is 0 Å². The number of carbonyl (C=O) groups is 4. The molecular formula is C75H146O17P2. The van der Waals surface area contributed by atoms with Gasteiger partial charge in [-0.2, -0.15) is 0 Å². The first-order chi connectivity index (χ1) is 45.1. The van der Waals surface area contributed by atoms with Crippen LogP contribution in [0.15, 0.2) is 0 Å². The lowest BCUT2D eigenvalue weighted by molar-refractivity contribution is -0.161. The fourth-order valence-corrected chi connectivity index (χ4v) is 12.9. The Bertz CT molecular complexity index is 1850. The number of phosphoric ester groups is 2. The first-order valence-electron chi connectivity index (χ1n) is 38.7. The second kappa shape index (κ2) is 64.4. The second-order valence-electron chi connectivity index (χ2n) is 28.7. The summed E-state index contributed by atoms with van der Waals surface area (Å²) in [6.45, 7) is 14.2. The van der Waals surface area contributed by atoms with E-state index in [9.17, 15) is 43.2 Å². The summed E-state index contributed by atoms with van der Waals surface area (Å²) in [6, 6.07) is 0. The van der Waals surface area contributed by atoms with Crippen molar-refractivity contribution in [1.82, 2.24) is 0 Å². The molecule has 4 unspecified atom stereocenters. The summed E-state index contributed by atoms with van der Waals surface area (Å²) in [5, 5.41) is 10.6. The Morgan fingerprint density at radius 3 is 0.755 bits per heavy atom. The van der Waals surface area contributed by atoms with Crippen LogP contribution in [0.5, 0.6) is 0 Å². The molecule has 17 nitrogen and oxygen atoms in total. The Kier molecular flexibility index (Phi) is 63.1. The maximum Gasteiger partial charge on any atom is 0.472 e. The Labute approximate surface area is 575 Å². The number of rotatable bonds is 72. The molecule has 0 rings (SSSR count). The van der Waals surface area contributed by atoms with Crippen LogP contribution in [0.25, 0.3) is 0 Å². The topological polar surface area (TPSA) is 237 Å². The third-order valence-electron chi connectivity index (χ3n) is 17.7. The monoisotopic (exact) mass is 1380 g/mol. The van der Waals surface area contributed by atoms with Gasteiger partial charge in [-0.15, -0.1) is 0 Å². The Hall–Kier alpha value is -1.94. The van der Waals surface area contributed by atoms with Crippen molar-refractivity contribution < 1.29 is 80.2 Å². The highest BCUT2D eigenvalue weighted by Crippen LogP contribution is 2.45. The molecule has 0 bridgehead atoms. The maximum atomic E-state index is 13.1. The summed E-state index contributed by atoms with van der Waals surface area (Å²) in [6.07, 6.45) is 48.6. The first-order valence-corrected chi connectivity index (χ1v) is 41.7. The fourth-order valence-electron chi connectivity index (χ4n) is 11.3. The normalized spacial score (nSPS) is 14.4. The number of carbonyl (C=O) groups excluding carboxylic acids is 4. The number of unbranched alkanes of at least 4 members (excludes halogenated alkanes) is 37. The van der Waals surface area contributed by atoms with Gasteiger partial charge in [0.15, 0.2) is 12.2 Å². The smallest absolute Gasteiger partial charge is 0.462 e. The average molecular weight is 1380 g/mol. The lowest BCUT2D eigenvalue weighted by atomic mass is 9.99. The molecule has 0 aliphatic heterocycles. The molecule has 0 aromatic heterocycles. The third kappa shape index (κ3) is 67.3. The molecule has 19 heteroatoms. The summed E-state index contributed by atoms with van der Waals surface area (Å²) in [7, 11) is -9.91. The Balaban J connectivity index is 5.24. The van der Waals surface area contributed by atoms with E-state index in [-0.39, 0.29) is 25.7 Å². The number of aliphatic hydroxyl groups is 1. The van der Waals surface area contributed by atoms with E-state index in [0.29, 0.717) is 25.7 Å². The summed E-state index contributed by atoms with van der Waals surface area (Å²) in [5.74, 6) is 0.942. The largest absolute Gasteiger partial charge is 0.472 e. The molecule has 0 aromatic rings. The summed E-state index contributed by atoms with van der Waals surface area (Å²) in [5.41, 5.74) is 0. The summed E-state index contributed by atoms with van der Waals surface area (Å²) in [4.78, 5) is 72.8. The van der Waals surface area contributed by atoms with Crippen LogP contribution in [-0.4, -0.2) is 96.7 Å². The third-order valence-corrected chi connectivity index (χ3v) is 19.6. The van der Waals surface area contributed by atoms with Gasteiger partial charge in [-0.05, 0) is 49.4 Å². The van der Waals surface area contributed by atoms with Crippen LogP contribution in [-0.2, 0) is 65.4 Å². The molecule has 0 radical (unpaired) electrons. The van der Waals surface area contributed by atoms with Crippen LogP contribution in [0.4, 0.5) is 0 Å². The van der Waals surface area contributed by atoms with Crippen molar-refractivity contribution >= 4 is 39.5 Å². The Morgan fingerprint density at radius 1 is 0.298 bits per heavy atom.